The van der Waals surface area contributed by atoms with Crippen LogP contribution in [-0.2, 0) is 9.84 Å². The number of carbonyl (C=O) groups is 1. The SMILES string of the molecule is O=C(O)c1cc(OCCC(S)CCS(=O)(=O)c2ccccc2)ccc1O. The number of rotatable bonds is 9. The molecule has 1 atom stereocenters. The number of phenols is 1. The van der Waals surface area contributed by atoms with Crippen LogP contribution >= 0.6 is 12.6 Å². The quantitative estimate of drug-likeness (QED) is 0.563. The van der Waals surface area contributed by atoms with Gasteiger partial charge in [-0.15, -0.1) is 0 Å². The predicted molar refractivity (Wildman–Crippen MR) is 101 cm³/mol. The summed E-state index contributed by atoms with van der Waals surface area (Å²) >= 11 is 4.39. The van der Waals surface area contributed by atoms with Gasteiger partial charge in [-0.05, 0) is 43.2 Å². The van der Waals surface area contributed by atoms with Crippen LogP contribution in [0.5, 0.6) is 11.5 Å². The second kappa shape index (κ2) is 8.95. The number of hydrogen-bond donors (Lipinski definition) is 3. The highest BCUT2D eigenvalue weighted by atomic mass is 32.2. The summed E-state index contributed by atoms with van der Waals surface area (Å²) in [6.07, 6.45) is 0.871. The fourth-order valence-electron chi connectivity index (χ4n) is 2.27. The van der Waals surface area contributed by atoms with Gasteiger partial charge in [0.25, 0.3) is 0 Å². The zero-order valence-corrected chi connectivity index (χ0v) is 15.6. The van der Waals surface area contributed by atoms with Crippen LogP contribution in [0.1, 0.15) is 23.2 Å². The fraction of sp³-hybridized carbons (Fsp3) is 0.278. The van der Waals surface area contributed by atoms with E-state index in [2.05, 4.69) is 12.6 Å². The van der Waals surface area contributed by atoms with Gasteiger partial charge in [0.1, 0.15) is 17.1 Å². The maximum Gasteiger partial charge on any atom is 0.339 e. The molecule has 0 aliphatic carbocycles. The molecule has 8 heteroatoms. The molecule has 2 N–H and O–H groups in total. The maximum absolute atomic E-state index is 12.2. The average Bonchev–Trinajstić information content (AvgIpc) is 2.62. The van der Waals surface area contributed by atoms with Crippen molar-refractivity contribution in [2.75, 3.05) is 12.4 Å². The van der Waals surface area contributed by atoms with E-state index in [0.29, 0.717) is 23.5 Å². The van der Waals surface area contributed by atoms with E-state index in [4.69, 9.17) is 9.84 Å². The summed E-state index contributed by atoms with van der Waals surface area (Å²) in [5.74, 6) is -1.26. The van der Waals surface area contributed by atoms with Gasteiger partial charge < -0.3 is 14.9 Å². The van der Waals surface area contributed by atoms with Crippen molar-refractivity contribution < 1.29 is 28.2 Å². The van der Waals surface area contributed by atoms with E-state index < -0.39 is 15.8 Å². The van der Waals surface area contributed by atoms with Crippen LogP contribution in [0.3, 0.4) is 0 Å². The van der Waals surface area contributed by atoms with Crippen molar-refractivity contribution >= 4 is 28.4 Å². The molecule has 0 radical (unpaired) electrons. The second-order valence-electron chi connectivity index (χ2n) is 5.70. The topological polar surface area (TPSA) is 101 Å². The lowest BCUT2D eigenvalue weighted by Crippen LogP contribution is -2.14. The molecule has 2 aromatic rings. The molecular weight excluding hydrogens is 376 g/mol. The van der Waals surface area contributed by atoms with E-state index in [1.54, 1.807) is 30.3 Å². The highest BCUT2D eigenvalue weighted by Gasteiger charge is 2.16. The smallest absolute Gasteiger partial charge is 0.339 e. The molecule has 2 aromatic carbocycles. The number of aromatic carboxylic acids is 1. The average molecular weight is 396 g/mol. The number of ether oxygens (including phenoxy) is 1. The van der Waals surface area contributed by atoms with E-state index in [0.717, 1.165) is 0 Å². The van der Waals surface area contributed by atoms with Gasteiger partial charge >= 0.3 is 5.97 Å². The fourth-order valence-corrected chi connectivity index (χ4v) is 4.08. The number of hydrogen-bond acceptors (Lipinski definition) is 6. The molecule has 0 aliphatic heterocycles. The minimum Gasteiger partial charge on any atom is -0.507 e. The summed E-state index contributed by atoms with van der Waals surface area (Å²) in [6.45, 7) is 0.253. The van der Waals surface area contributed by atoms with Crippen molar-refractivity contribution in [1.29, 1.82) is 0 Å². The number of benzene rings is 2. The van der Waals surface area contributed by atoms with Gasteiger partial charge in [-0.1, -0.05) is 18.2 Å². The van der Waals surface area contributed by atoms with Gasteiger partial charge in [0, 0.05) is 5.25 Å². The summed E-state index contributed by atoms with van der Waals surface area (Å²) in [4.78, 5) is 11.3. The van der Waals surface area contributed by atoms with Crippen LogP contribution < -0.4 is 4.74 Å². The lowest BCUT2D eigenvalue weighted by Gasteiger charge is -2.12. The van der Waals surface area contributed by atoms with Crippen LogP contribution in [0.2, 0.25) is 0 Å². The summed E-state index contributed by atoms with van der Waals surface area (Å²) < 4.78 is 29.9. The Morgan fingerprint density at radius 1 is 1.12 bits per heavy atom. The Balaban J connectivity index is 1.82. The standard InChI is InChI=1S/C18H20O6S2/c19-17-7-6-13(12-16(17)18(20)21)24-10-8-14(25)9-11-26(22,23)15-4-2-1-3-5-15/h1-7,12,14,19,25H,8-11H2,(H,20,21). The molecule has 0 aliphatic rings. The van der Waals surface area contributed by atoms with Crippen LogP contribution in [0, 0.1) is 0 Å². The van der Waals surface area contributed by atoms with Crippen molar-refractivity contribution in [3.63, 3.8) is 0 Å². The Bertz CT molecular complexity index is 849. The Labute approximate surface area is 157 Å². The van der Waals surface area contributed by atoms with Gasteiger partial charge in [0.15, 0.2) is 9.84 Å². The van der Waals surface area contributed by atoms with E-state index >= 15 is 0 Å². The Morgan fingerprint density at radius 3 is 2.46 bits per heavy atom. The summed E-state index contributed by atoms with van der Waals surface area (Å²) in [5, 5.41) is 18.2. The van der Waals surface area contributed by atoms with Crippen LogP contribution in [0.15, 0.2) is 53.4 Å². The zero-order valence-electron chi connectivity index (χ0n) is 13.9. The first-order valence-electron chi connectivity index (χ1n) is 7.94. The highest BCUT2D eigenvalue weighted by molar-refractivity contribution is 7.91. The third-order valence-electron chi connectivity index (χ3n) is 3.74. The Morgan fingerprint density at radius 2 is 1.81 bits per heavy atom. The van der Waals surface area contributed by atoms with E-state index in [1.165, 1.54) is 18.2 Å². The van der Waals surface area contributed by atoms with Gasteiger partial charge in [0.05, 0.1) is 17.3 Å². The second-order valence-corrected chi connectivity index (χ2v) is 8.54. The number of carboxylic acid groups (broad SMARTS) is 1. The third-order valence-corrected chi connectivity index (χ3v) is 6.02. The number of carboxylic acids is 1. The lowest BCUT2D eigenvalue weighted by molar-refractivity contribution is 0.0693. The van der Waals surface area contributed by atoms with E-state index in [1.807, 2.05) is 0 Å². The van der Waals surface area contributed by atoms with Crippen molar-refractivity contribution in [3.05, 3.63) is 54.1 Å². The maximum atomic E-state index is 12.2. The molecule has 0 spiro atoms. The largest absolute Gasteiger partial charge is 0.507 e. The van der Waals surface area contributed by atoms with Gasteiger partial charge in [-0.3, -0.25) is 0 Å². The van der Waals surface area contributed by atoms with Gasteiger partial charge in [0.2, 0.25) is 0 Å². The molecule has 0 bridgehead atoms. The summed E-state index contributed by atoms with van der Waals surface area (Å²) in [6, 6.07) is 12.2. The van der Waals surface area contributed by atoms with Crippen molar-refractivity contribution in [2.45, 2.75) is 23.0 Å². The molecule has 0 aromatic heterocycles. The third kappa shape index (κ3) is 5.67. The van der Waals surface area contributed by atoms with E-state index in [-0.39, 0.29) is 28.9 Å². The summed E-state index contributed by atoms with van der Waals surface area (Å²) in [5.41, 5.74) is -0.237. The van der Waals surface area contributed by atoms with Crippen molar-refractivity contribution in [2.24, 2.45) is 0 Å². The highest BCUT2D eigenvalue weighted by Crippen LogP contribution is 2.23. The molecule has 2 rings (SSSR count). The van der Waals surface area contributed by atoms with Crippen LogP contribution in [-0.4, -0.2) is 42.2 Å². The van der Waals surface area contributed by atoms with Crippen LogP contribution in [0.25, 0.3) is 0 Å². The molecule has 0 fully saturated rings. The van der Waals surface area contributed by atoms with Crippen molar-refractivity contribution in [1.82, 2.24) is 0 Å². The monoisotopic (exact) mass is 396 g/mol. The first-order valence-corrected chi connectivity index (χ1v) is 10.1. The number of aromatic hydroxyl groups is 1. The zero-order chi connectivity index (χ0) is 19.2. The van der Waals surface area contributed by atoms with E-state index in [9.17, 15) is 18.3 Å². The summed E-state index contributed by atoms with van der Waals surface area (Å²) in [7, 11) is -3.34. The van der Waals surface area contributed by atoms with Crippen molar-refractivity contribution in [3.8, 4) is 11.5 Å². The molecule has 0 saturated heterocycles. The minimum atomic E-state index is -3.34. The van der Waals surface area contributed by atoms with Crippen LogP contribution in [0.4, 0.5) is 0 Å². The Kier molecular flexibility index (Phi) is 6.93. The molecular formula is C18H20O6S2. The minimum absolute atomic E-state index is 0.00640. The molecule has 0 heterocycles. The molecule has 6 nitrogen and oxygen atoms in total. The Hall–Kier alpha value is -2.19. The number of thiol groups is 1. The number of sulfone groups is 1. The predicted octanol–water partition coefficient (Wildman–Crippen LogP) is 3.02. The van der Waals surface area contributed by atoms with Gasteiger partial charge in [-0.2, -0.15) is 12.6 Å². The normalized spacial score (nSPS) is 12.5. The first kappa shape index (κ1) is 20.1. The first-order chi connectivity index (χ1) is 12.3. The molecule has 0 amide bonds. The molecule has 26 heavy (non-hydrogen) atoms. The molecule has 0 saturated carbocycles. The van der Waals surface area contributed by atoms with Gasteiger partial charge in [-0.25, -0.2) is 13.2 Å². The molecule has 1 unspecified atom stereocenters. The lowest BCUT2D eigenvalue weighted by atomic mass is 10.2. The molecule has 140 valence electrons.